The van der Waals surface area contributed by atoms with Crippen LogP contribution in [0.4, 0.5) is 0 Å². The maximum absolute atomic E-state index is 12.6. The van der Waals surface area contributed by atoms with Crippen molar-refractivity contribution in [1.82, 2.24) is 9.27 Å². The summed E-state index contributed by atoms with van der Waals surface area (Å²) in [5.41, 5.74) is -0.402. The Morgan fingerprint density at radius 1 is 1.25 bits per heavy atom. The van der Waals surface area contributed by atoms with Gasteiger partial charge in [-0.1, -0.05) is 37.0 Å². The topological polar surface area (TPSA) is 63.4 Å². The van der Waals surface area contributed by atoms with E-state index < -0.39 is 5.63 Å². The van der Waals surface area contributed by atoms with Gasteiger partial charge < -0.3 is 9.32 Å². The zero-order chi connectivity index (χ0) is 14.5. The summed E-state index contributed by atoms with van der Waals surface area (Å²) in [5, 5.41) is 0. The molecule has 0 aromatic carbocycles. The Hall–Kier alpha value is -1.21. The van der Waals surface area contributed by atoms with Crippen molar-refractivity contribution in [2.24, 2.45) is 0 Å². The van der Waals surface area contributed by atoms with Crippen molar-refractivity contribution in [2.75, 3.05) is 13.1 Å². The average molecular weight is 314 g/mol. The van der Waals surface area contributed by atoms with Crippen molar-refractivity contribution in [3.63, 3.8) is 0 Å². The summed E-state index contributed by atoms with van der Waals surface area (Å²) in [6, 6.07) is 0. The van der Waals surface area contributed by atoms with Crippen LogP contribution in [0.5, 0.6) is 0 Å². The molecule has 2 rings (SSSR count). The van der Waals surface area contributed by atoms with Gasteiger partial charge in [0.15, 0.2) is 0 Å². The van der Waals surface area contributed by atoms with Gasteiger partial charge in [-0.05, 0) is 12.8 Å². The lowest BCUT2D eigenvalue weighted by Crippen LogP contribution is -2.35. The number of aromatic nitrogens is 1. The van der Waals surface area contributed by atoms with E-state index in [9.17, 15) is 9.59 Å². The van der Waals surface area contributed by atoms with Gasteiger partial charge in [0, 0.05) is 23.6 Å². The molecule has 7 heteroatoms. The van der Waals surface area contributed by atoms with E-state index in [-0.39, 0.29) is 11.5 Å². The van der Waals surface area contributed by atoms with Gasteiger partial charge in [-0.3, -0.25) is 4.79 Å². The van der Waals surface area contributed by atoms with Crippen molar-refractivity contribution in [3.05, 3.63) is 16.0 Å². The van der Waals surface area contributed by atoms with Crippen LogP contribution in [-0.2, 0) is 0 Å². The van der Waals surface area contributed by atoms with E-state index in [1.807, 2.05) is 0 Å². The second-order valence-corrected chi connectivity index (χ2v) is 6.50. The van der Waals surface area contributed by atoms with Crippen molar-refractivity contribution in [2.45, 2.75) is 39.5 Å². The third-order valence-electron chi connectivity index (χ3n) is 3.12. The first kappa shape index (κ1) is 15.2. The fourth-order valence-electron chi connectivity index (χ4n) is 1.97. The zero-order valence-corrected chi connectivity index (χ0v) is 13.3. The fraction of sp³-hybridized carbons (Fsp3) is 0.615. The van der Waals surface area contributed by atoms with Crippen LogP contribution in [0.25, 0.3) is 10.8 Å². The van der Waals surface area contributed by atoms with Crippen LogP contribution in [0.3, 0.4) is 0 Å². The summed E-state index contributed by atoms with van der Waals surface area (Å²) < 4.78 is 9.01. The lowest BCUT2D eigenvalue weighted by molar-refractivity contribution is 0.0749. The van der Waals surface area contributed by atoms with Crippen LogP contribution in [0, 0.1) is 0 Å². The largest absolute Gasteiger partial charge is 0.401 e. The molecule has 0 radical (unpaired) electrons. The minimum absolute atomic E-state index is 0.158. The van der Waals surface area contributed by atoms with Crippen molar-refractivity contribution < 1.29 is 9.21 Å². The molecule has 2 aliphatic heterocycles. The Kier molecular flexibility index (Phi) is 5.31. The van der Waals surface area contributed by atoms with E-state index in [1.165, 1.54) is 20.9 Å². The van der Waals surface area contributed by atoms with Crippen LogP contribution in [-0.4, -0.2) is 28.3 Å². The van der Waals surface area contributed by atoms with E-state index in [1.54, 1.807) is 4.90 Å². The maximum Gasteiger partial charge on any atom is 0.352 e. The van der Waals surface area contributed by atoms with Gasteiger partial charge >= 0.3 is 5.63 Å². The first-order valence-electron chi connectivity index (χ1n) is 6.86. The number of unbranched alkanes of at least 4 members (excludes halogenated alkanes) is 2. The average Bonchev–Trinajstić information content (AvgIpc) is 2.98. The number of amides is 1. The number of rotatable bonds is 7. The van der Waals surface area contributed by atoms with Crippen LogP contribution >= 0.6 is 20.9 Å². The van der Waals surface area contributed by atoms with E-state index in [0.717, 1.165) is 25.7 Å². The molecule has 2 aliphatic rings. The monoisotopic (exact) mass is 314 g/mol. The molecule has 0 aliphatic carbocycles. The predicted molar refractivity (Wildman–Crippen MR) is 80.9 cm³/mol. The number of furan rings is 1. The van der Waals surface area contributed by atoms with Crippen LogP contribution in [0.2, 0.25) is 0 Å². The lowest BCUT2D eigenvalue weighted by atomic mass is 10.2. The highest BCUT2D eigenvalue weighted by atomic mass is 32.9. The number of carbonyl (C=O) groups excluding carboxylic acids is 1. The molecule has 0 bridgehead atoms. The number of hydrogen-bond acceptors (Lipinski definition) is 6. The first-order valence-corrected chi connectivity index (χ1v) is 8.97. The highest BCUT2D eigenvalue weighted by Gasteiger charge is 2.29. The smallest absolute Gasteiger partial charge is 0.352 e. The zero-order valence-electron chi connectivity index (χ0n) is 11.7. The summed E-state index contributed by atoms with van der Waals surface area (Å²) in [5.74, 6) is 0.0754. The summed E-state index contributed by atoms with van der Waals surface area (Å²) in [7, 11) is 2.55. The molecule has 0 fully saturated rings. The molecule has 1 amide bonds. The van der Waals surface area contributed by atoms with Gasteiger partial charge in [0.2, 0.25) is 0 Å². The predicted octanol–water partition coefficient (Wildman–Crippen LogP) is 3.31. The van der Waals surface area contributed by atoms with Gasteiger partial charge in [0.1, 0.15) is 10.4 Å². The standard InChI is InChI=1S/C13H18N2O3S2/c1-3-5-7-15(8-6-4-2)12(16)9-10-11(14-20-19-10)18-13(9)17/h3-8H2,1-2H3. The van der Waals surface area contributed by atoms with Crippen molar-refractivity contribution in [1.29, 1.82) is 0 Å². The summed E-state index contributed by atoms with van der Waals surface area (Å²) in [4.78, 5) is 26.8. The van der Waals surface area contributed by atoms with Gasteiger partial charge in [0.05, 0.1) is 0 Å². The molecule has 0 aromatic heterocycles. The Balaban J connectivity index is 2.24. The number of nitrogens with zero attached hydrogens (tertiary/aromatic N) is 2. The number of carbonyl (C=O) groups is 1. The minimum Gasteiger partial charge on any atom is -0.401 e. The lowest BCUT2D eigenvalue weighted by Gasteiger charge is -2.21. The molecular formula is C13H18N2O3S2. The molecule has 0 unspecified atom stereocenters. The fourth-order valence-corrected chi connectivity index (χ4v) is 3.75. The summed E-state index contributed by atoms with van der Waals surface area (Å²) in [6.07, 6.45) is 3.92. The van der Waals surface area contributed by atoms with Gasteiger partial charge in [0.25, 0.3) is 11.8 Å². The second kappa shape index (κ2) is 6.99. The van der Waals surface area contributed by atoms with Crippen molar-refractivity contribution in [3.8, 4) is 10.8 Å². The molecule has 5 nitrogen and oxygen atoms in total. The summed E-state index contributed by atoms with van der Waals surface area (Å²) in [6.45, 7) is 5.54. The third-order valence-corrected chi connectivity index (χ3v) is 4.93. The van der Waals surface area contributed by atoms with Gasteiger partial charge in [-0.2, -0.15) is 0 Å². The molecule has 20 heavy (non-hydrogen) atoms. The highest BCUT2D eigenvalue weighted by Crippen LogP contribution is 2.31. The maximum atomic E-state index is 12.6. The normalized spacial score (nSPS) is 11.1. The first-order chi connectivity index (χ1) is 9.69. The second-order valence-electron chi connectivity index (χ2n) is 4.65. The SMILES string of the molecule is CCCCN(CCCC)C(=O)c1c2ssnc-2oc1=O. The molecule has 110 valence electrons. The quantitative estimate of drug-likeness (QED) is 0.736. The summed E-state index contributed by atoms with van der Waals surface area (Å²) >= 11 is 0. The highest BCUT2D eigenvalue weighted by molar-refractivity contribution is 7.68. The Bertz CT molecular complexity index is 579. The molecule has 0 atom stereocenters. The number of hydrogen-bond donors (Lipinski definition) is 0. The van der Waals surface area contributed by atoms with Crippen molar-refractivity contribution >= 4 is 26.8 Å². The van der Waals surface area contributed by atoms with E-state index >= 15 is 0 Å². The van der Waals surface area contributed by atoms with E-state index in [0.29, 0.717) is 23.9 Å². The molecule has 0 spiro atoms. The molecule has 0 aromatic rings. The third kappa shape index (κ3) is 3.09. The van der Waals surface area contributed by atoms with E-state index in [2.05, 4.69) is 18.2 Å². The Morgan fingerprint density at radius 3 is 2.50 bits per heavy atom. The van der Waals surface area contributed by atoms with Crippen LogP contribution < -0.4 is 5.63 Å². The Labute approximate surface area is 125 Å². The van der Waals surface area contributed by atoms with E-state index in [4.69, 9.17) is 4.42 Å². The van der Waals surface area contributed by atoms with Crippen LogP contribution in [0.1, 0.15) is 49.9 Å². The van der Waals surface area contributed by atoms with Gasteiger partial charge in [-0.15, -0.1) is 4.37 Å². The number of fused-ring (bicyclic) bond motifs is 1. The Morgan fingerprint density at radius 2 is 1.90 bits per heavy atom. The molecular weight excluding hydrogens is 296 g/mol. The molecule has 2 heterocycles. The molecule has 0 N–H and O–H groups in total. The van der Waals surface area contributed by atoms with Gasteiger partial charge in [-0.25, -0.2) is 4.79 Å². The minimum atomic E-state index is -0.561. The van der Waals surface area contributed by atoms with Crippen LogP contribution in [0.15, 0.2) is 9.21 Å². The molecule has 0 saturated heterocycles. The molecule has 0 saturated carbocycles.